The van der Waals surface area contributed by atoms with Crippen LogP contribution in [-0.4, -0.2) is 24.4 Å². The zero-order valence-corrected chi connectivity index (χ0v) is 15.2. The molecule has 5 nitrogen and oxygen atoms in total. The van der Waals surface area contributed by atoms with Crippen LogP contribution in [0.3, 0.4) is 0 Å². The van der Waals surface area contributed by atoms with Crippen LogP contribution >= 0.6 is 11.6 Å². The molecule has 1 aliphatic heterocycles. The molecule has 1 atom stereocenters. The van der Waals surface area contributed by atoms with Crippen molar-refractivity contribution in [3.05, 3.63) is 59.3 Å². The summed E-state index contributed by atoms with van der Waals surface area (Å²) in [5.74, 6) is -0.0317. The second-order valence-corrected chi connectivity index (χ2v) is 6.87. The lowest BCUT2D eigenvalue weighted by Gasteiger charge is -2.40. The predicted octanol–water partition coefficient (Wildman–Crippen LogP) is 4.49. The summed E-state index contributed by atoms with van der Waals surface area (Å²) in [6, 6.07) is 14.2. The van der Waals surface area contributed by atoms with Gasteiger partial charge < -0.3 is 14.2 Å². The maximum absolute atomic E-state index is 13.1. The molecule has 0 radical (unpaired) electrons. The largest absolute Gasteiger partial charge is 0.451 e. The highest BCUT2D eigenvalue weighted by Crippen LogP contribution is 2.36. The number of benzene rings is 2. The Labute approximate surface area is 155 Å². The van der Waals surface area contributed by atoms with E-state index < -0.39 is 0 Å². The zero-order chi connectivity index (χ0) is 18.4. The second kappa shape index (κ2) is 6.18. The number of para-hydroxylation sites is 2. The molecule has 26 heavy (non-hydrogen) atoms. The lowest BCUT2D eigenvalue weighted by molar-refractivity contribution is -0.117. The Morgan fingerprint density at radius 3 is 2.58 bits per heavy atom. The minimum atomic E-state index is -0.236. The maximum Gasteiger partial charge on any atom is 0.294 e. The van der Waals surface area contributed by atoms with Crippen LogP contribution in [0.1, 0.15) is 24.4 Å². The molecular weight excluding hydrogens is 352 g/mol. The van der Waals surface area contributed by atoms with Gasteiger partial charge in [-0.15, -0.1) is 0 Å². The van der Waals surface area contributed by atoms with E-state index in [2.05, 4.69) is 0 Å². The van der Waals surface area contributed by atoms with E-state index in [9.17, 15) is 9.59 Å². The van der Waals surface area contributed by atoms with Crippen molar-refractivity contribution >= 4 is 45.8 Å². The summed E-state index contributed by atoms with van der Waals surface area (Å²) in [6.45, 7) is 3.86. The standard InChI is InChI=1S/C20H17ClN2O3/c1-12-11-22(16-5-3-4-6-17(16)23(12)13(2)24)20(25)19-10-14-9-15(21)7-8-18(14)26-19/h3-10,12H,11H2,1-2H3/t12-/m0/s1. The Morgan fingerprint density at radius 1 is 1.12 bits per heavy atom. The van der Waals surface area contributed by atoms with Gasteiger partial charge in [-0.25, -0.2) is 0 Å². The van der Waals surface area contributed by atoms with Gasteiger partial charge >= 0.3 is 0 Å². The van der Waals surface area contributed by atoms with Gasteiger partial charge in [-0.05, 0) is 43.3 Å². The third-order valence-corrected chi connectivity index (χ3v) is 4.83. The number of fused-ring (bicyclic) bond motifs is 2. The highest BCUT2D eigenvalue weighted by molar-refractivity contribution is 6.31. The van der Waals surface area contributed by atoms with E-state index in [1.165, 1.54) is 6.92 Å². The highest BCUT2D eigenvalue weighted by Gasteiger charge is 2.34. The van der Waals surface area contributed by atoms with Gasteiger partial charge in [0.2, 0.25) is 5.91 Å². The molecule has 132 valence electrons. The summed E-state index contributed by atoms with van der Waals surface area (Å²) in [5.41, 5.74) is 2.04. The molecule has 0 N–H and O–H groups in total. The quantitative estimate of drug-likeness (QED) is 0.636. The fraction of sp³-hybridized carbons (Fsp3) is 0.200. The van der Waals surface area contributed by atoms with Gasteiger partial charge in [0.25, 0.3) is 5.91 Å². The second-order valence-electron chi connectivity index (χ2n) is 6.44. The lowest BCUT2D eigenvalue weighted by Crippen LogP contribution is -2.51. The molecule has 1 aromatic heterocycles. The number of carbonyl (C=O) groups is 2. The van der Waals surface area contributed by atoms with E-state index in [1.54, 1.807) is 34.1 Å². The first-order valence-corrected chi connectivity index (χ1v) is 8.73. The van der Waals surface area contributed by atoms with E-state index in [0.717, 1.165) is 11.1 Å². The first-order valence-electron chi connectivity index (χ1n) is 8.35. The third-order valence-electron chi connectivity index (χ3n) is 4.59. The van der Waals surface area contributed by atoms with Crippen molar-refractivity contribution in [2.24, 2.45) is 0 Å². The van der Waals surface area contributed by atoms with Crippen molar-refractivity contribution < 1.29 is 14.0 Å². The van der Waals surface area contributed by atoms with Crippen LogP contribution in [0.25, 0.3) is 11.0 Å². The zero-order valence-electron chi connectivity index (χ0n) is 14.4. The molecule has 0 fully saturated rings. The van der Waals surface area contributed by atoms with Crippen molar-refractivity contribution in [1.29, 1.82) is 0 Å². The summed E-state index contributed by atoms with van der Waals surface area (Å²) in [6.07, 6.45) is 0. The Kier molecular flexibility index (Phi) is 3.96. The van der Waals surface area contributed by atoms with E-state index in [0.29, 0.717) is 22.8 Å². The first-order chi connectivity index (χ1) is 12.5. The molecule has 0 bridgehead atoms. The van der Waals surface area contributed by atoms with Crippen molar-refractivity contribution in [2.45, 2.75) is 19.9 Å². The summed E-state index contributed by atoms with van der Waals surface area (Å²) in [5, 5.41) is 1.37. The van der Waals surface area contributed by atoms with Crippen LogP contribution < -0.4 is 9.80 Å². The fourth-order valence-corrected chi connectivity index (χ4v) is 3.68. The van der Waals surface area contributed by atoms with Gasteiger partial charge in [-0.2, -0.15) is 0 Å². The maximum atomic E-state index is 13.1. The predicted molar refractivity (Wildman–Crippen MR) is 102 cm³/mol. The molecule has 3 aromatic rings. The number of amides is 2. The molecule has 4 rings (SSSR count). The van der Waals surface area contributed by atoms with Gasteiger partial charge in [0.15, 0.2) is 5.76 Å². The first kappa shape index (κ1) is 16.7. The van der Waals surface area contributed by atoms with Crippen molar-refractivity contribution in [1.82, 2.24) is 0 Å². The fourth-order valence-electron chi connectivity index (χ4n) is 3.50. The SMILES string of the molecule is CC(=O)N1c2ccccc2N(C(=O)c2cc3cc(Cl)ccc3o2)C[C@@H]1C. The van der Waals surface area contributed by atoms with E-state index in [4.69, 9.17) is 16.0 Å². The van der Waals surface area contributed by atoms with Crippen molar-refractivity contribution in [3.8, 4) is 0 Å². The van der Waals surface area contributed by atoms with Crippen molar-refractivity contribution in [3.63, 3.8) is 0 Å². The van der Waals surface area contributed by atoms with Crippen LogP contribution in [0, 0.1) is 0 Å². The minimum absolute atomic E-state index is 0.0459. The third kappa shape index (κ3) is 2.65. The molecule has 2 aromatic carbocycles. The average molecular weight is 369 g/mol. The summed E-state index contributed by atoms with van der Waals surface area (Å²) in [4.78, 5) is 28.6. The van der Waals surface area contributed by atoms with Gasteiger partial charge in [0.05, 0.1) is 17.4 Å². The molecular formula is C20H17ClN2O3. The van der Waals surface area contributed by atoms with Gasteiger partial charge in [0, 0.05) is 23.9 Å². The molecule has 2 heterocycles. The molecule has 0 saturated carbocycles. The normalized spacial score (nSPS) is 16.7. The van der Waals surface area contributed by atoms with E-state index in [1.807, 2.05) is 31.2 Å². The number of hydrogen-bond donors (Lipinski definition) is 0. The smallest absolute Gasteiger partial charge is 0.294 e. The Balaban J connectivity index is 1.77. The number of halogens is 1. The van der Waals surface area contributed by atoms with Crippen molar-refractivity contribution in [2.75, 3.05) is 16.3 Å². The Morgan fingerprint density at radius 2 is 1.85 bits per heavy atom. The van der Waals surface area contributed by atoms with Crippen LogP contribution in [0.2, 0.25) is 5.02 Å². The van der Waals surface area contributed by atoms with Gasteiger partial charge in [0.1, 0.15) is 5.58 Å². The summed E-state index contributed by atoms with van der Waals surface area (Å²) >= 11 is 6.01. The number of hydrogen-bond acceptors (Lipinski definition) is 3. The number of carbonyl (C=O) groups excluding carboxylic acids is 2. The number of anilines is 2. The van der Waals surface area contributed by atoms with Crippen LogP contribution in [0.15, 0.2) is 52.9 Å². The van der Waals surface area contributed by atoms with Crippen LogP contribution in [0.5, 0.6) is 0 Å². The molecule has 0 spiro atoms. The molecule has 0 unspecified atom stereocenters. The monoisotopic (exact) mass is 368 g/mol. The lowest BCUT2D eigenvalue weighted by atomic mass is 10.1. The average Bonchev–Trinajstić information content (AvgIpc) is 3.03. The number of nitrogens with zero attached hydrogens (tertiary/aromatic N) is 2. The topological polar surface area (TPSA) is 53.8 Å². The highest BCUT2D eigenvalue weighted by atomic mass is 35.5. The van der Waals surface area contributed by atoms with Gasteiger partial charge in [-0.1, -0.05) is 23.7 Å². The Hall–Kier alpha value is -2.79. The summed E-state index contributed by atoms with van der Waals surface area (Å²) < 4.78 is 5.73. The van der Waals surface area contributed by atoms with Crippen LogP contribution in [0.4, 0.5) is 11.4 Å². The van der Waals surface area contributed by atoms with Gasteiger partial charge in [-0.3, -0.25) is 9.59 Å². The minimum Gasteiger partial charge on any atom is -0.451 e. The molecule has 0 aliphatic carbocycles. The molecule has 2 amide bonds. The van der Waals surface area contributed by atoms with E-state index in [-0.39, 0.29) is 23.6 Å². The summed E-state index contributed by atoms with van der Waals surface area (Å²) in [7, 11) is 0. The number of furan rings is 1. The molecule has 0 saturated heterocycles. The Bertz CT molecular complexity index is 1030. The number of rotatable bonds is 1. The molecule has 1 aliphatic rings. The van der Waals surface area contributed by atoms with E-state index >= 15 is 0 Å². The van der Waals surface area contributed by atoms with Crippen LogP contribution in [-0.2, 0) is 4.79 Å². The molecule has 6 heteroatoms.